The van der Waals surface area contributed by atoms with Crippen LogP contribution in [-0.2, 0) is 0 Å². The largest absolute Gasteiger partial charge is 0.393 e. The first-order valence-electron chi connectivity index (χ1n) is 8.55. The molecule has 0 aromatic heterocycles. The molecule has 3 N–H and O–H groups in total. The van der Waals surface area contributed by atoms with E-state index < -0.39 is 0 Å². The topological polar surface area (TPSA) is 49.5 Å². The average molecular weight is 396 g/mol. The predicted octanol–water partition coefficient (Wildman–Crippen LogP) is 3.85. The monoisotopic (exact) mass is 394 g/mol. The molecule has 1 aliphatic carbocycles. The number of nitrogens with zero attached hydrogens (tertiary/aromatic N) is 1. The van der Waals surface area contributed by atoms with Gasteiger partial charge in [-0.1, -0.05) is 36.6 Å². The Morgan fingerprint density at radius 3 is 2.58 bits per heavy atom. The van der Waals surface area contributed by atoms with Gasteiger partial charge in [0, 0.05) is 30.1 Å². The van der Waals surface area contributed by atoms with Crippen LogP contribution in [-0.4, -0.2) is 41.8 Å². The van der Waals surface area contributed by atoms with Gasteiger partial charge in [-0.25, -0.2) is 0 Å². The molecule has 1 saturated carbocycles. The van der Waals surface area contributed by atoms with E-state index in [2.05, 4.69) is 17.0 Å². The first kappa shape index (κ1) is 22.0. The highest BCUT2D eigenvalue weighted by atomic mass is 35.5. The fraction of sp³-hybridized carbons (Fsp3) is 0.667. The zero-order valence-electron chi connectivity index (χ0n) is 13.9. The van der Waals surface area contributed by atoms with E-state index in [1.807, 2.05) is 12.1 Å². The molecule has 2 fully saturated rings. The maximum absolute atomic E-state index is 10.5. The van der Waals surface area contributed by atoms with Gasteiger partial charge in [0.2, 0.25) is 0 Å². The molecule has 1 saturated heterocycles. The summed E-state index contributed by atoms with van der Waals surface area (Å²) in [7, 11) is 0. The summed E-state index contributed by atoms with van der Waals surface area (Å²) < 4.78 is 0. The van der Waals surface area contributed by atoms with E-state index in [0.29, 0.717) is 17.9 Å². The van der Waals surface area contributed by atoms with Crippen LogP contribution in [0.5, 0.6) is 0 Å². The van der Waals surface area contributed by atoms with Crippen LogP contribution < -0.4 is 5.73 Å². The van der Waals surface area contributed by atoms with Crippen molar-refractivity contribution in [2.24, 2.45) is 11.7 Å². The van der Waals surface area contributed by atoms with E-state index in [-0.39, 0.29) is 30.9 Å². The number of rotatable bonds is 4. The third-order valence-corrected chi connectivity index (χ3v) is 5.57. The molecule has 0 spiro atoms. The first-order chi connectivity index (χ1) is 10.6. The molecule has 1 aromatic carbocycles. The lowest BCUT2D eigenvalue weighted by molar-refractivity contribution is 0.0476. The zero-order valence-corrected chi connectivity index (χ0v) is 16.3. The van der Waals surface area contributed by atoms with Crippen LogP contribution in [0.2, 0.25) is 5.02 Å². The van der Waals surface area contributed by atoms with Crippen LogP contribution >= 0.6 is 36.4 Å². The molecule has 6 heteroatoms. The molecular formula is C18H29Cl3N2O. The SMILES string of the molecule is Cl.Cl.N[C@@H]1CCN(CC(c2cccc(Cl)c2)C2CCCCC2O)C1. The number of hydrogen-bond donors (Lipinski definition) is 2. The van der Waals surface area contributed by atoms with Crippen LogP contribution in [0, 0.1) is 5.92 Å². The molecule has 3 rings (SSSR count). The summed E-state index contributed by atoms with van der Waals surface area (Å²) in [5.74, 6) is 0.684. The maximum atomic E-state index is 10.5. The van der Waals surface area contributed by atoms with Gasteiger partial charge in [0.1, 0.15) is 0 Å². The van der Waals surface area contributed by atoms with Crippen molar-refractivity contribution in [1.29, 1.82) is 0 Å². The molecule has 0 radical (unpaired) electrons. The number of nitrogens with two attached hydrogens (primary N) is 1. The minimum absolute atomic E-state index is 0. The molecule has 138 valence electrons. The molecule has 1 aromatic rings. The Balaban J connectivity index is 0.00000144. The second-order valence-electron chi connectivity index (χ2n) is 6.99. The van der Waals surface area contributed by atoms with Crippen LogP contribution in [0.25, 0.3) is 0 Å². The Hall–Kier alpha value is -0.0300. The highest BCUT2D eigenvalue weighted by Crippen LogP contribution is 2.38. The molecule has 2 aliphatic rings. The predicted molar refractivity (Wildman–Crippen MR) is 106 cm³/mol. The van der Waals surface area contributed by atoms with E-state index in [4.69, 9.17) is 17.3 Å². The lowest BCUT2D eigenvalue weighted by atomic mass is 9.75. The zero-order chi connectivity index (χ0) is 15.5. The molecule has 24 heavy (non-hydrogen) atoms. The number of halogens is 3. The summed E-state index contributed by atoms with van der Waals surface area (Å²) in [6.07, 6.45) is 5.30. The average Bonchev–Trinajstić information content (AvgIpc) is 2.91. The van der Waals surface area contributed by atoms with E-state index in [1.54, 1.807) is 0 Å². The molecular weight excluding hydrogens is 367 g/mol. The number of aliphatic hydroxyl groups excluding tert-OH is 1. The number of aliphatic hydroxyl groups is 1. The van der Waals surface area contributed by atoms with Gasteiger partial charge in [0.05, 0.1) is 6.10 Å². The van der Waals surface area contributed by atoms with Crippen molar-refractivity contribution in [3.05, 3.63) is 34.9 Å². The smallest absolute Gasteiger partial charge is 0.0574 e. The van der Waals surface area contributed by atoms with Crippen LogP contribution in [0.15, 0.2) is 24.3 Å². The molecule has 4 atom stereocenters. The van der Waals surface area contributed by atoms with Crippen LogP contribution in [0.3, 0.4) is 0 Å². The van der Waals surface area contributed by atoms with Crippen molar-refractivity contribution in [3.8, 4) is 0 Å². The first-order valence-corrected chi connectivity index (χ1v) is 8.93. The maximum Gasteiger partial charge on any atom is 0.0574 e. The van der Waals surface area contributed by atoms with Crippen LogP contribution in [0.4, 0.5) is 0 Å². The quantitative estimate of drug-likeness (QED) is 0.814. The van der Waals surface area contributed by atoms with Crippen molar-refractivity contribution in [2.45, 2.75) is 50.2 Å². The summed E-state index contributed by atoms with van der Waals surface area (Å²) in [5.41, 5.74) is 7.32. The third-order valence-electron chi connectivity index (χ3n) is 5.34. The van der Waals surface area contributed by atoms with E-state index in [1.165, 1.54) is 12.0 Å². The fourth-order valence-electron chi connectivity index (χ4n) is 4.14. The standard InChI is InChI=1S/C18H27ClN2O.2ClH/c19-14-5-3-4-13(10-14)17(12-21-9-8-15(20)11-21)16-6-1-2-7-18(16)22;;/h3-5,10,15-18,22H,1-2,6-9,11-12,20H2;2*1H/t15-,16?,17?,18?;;/m1../s1. The lowest BCUT2D eigenvalue weighted by Crippen LogP contribution is -2.37. The molecule has 1 heterocycles. The molecule has 0 amide bonds. The van der Waals surface area contributed by atoms with Gasteiger partial charge in [-0.3, -0.25) is 0 Å². The minimum atomic E-state index is -0.186. The number of hydrogen-bond acceptors (Lipinski definition) is 3. The van der Waals surface area contributed by atoms with Crippen molar-refractivity contribution >= 4 is 36.4 Å². The van der Waals surface area contributed by atoms with Gasteiger partial charge in [0.15, 0.2) is 0 Å². The second-order valence-corrected chi connectivity index (χ2v) is 7.42. The van der Waals surface area contributed by atoms with Gasteiger partial charge in [-0.05, 0) is 49.4 Å². The molecule has 0 bridgehead atoms. The van der Waals surface area contributed by atoms with Crippen LogP contribution in [0.1, 0.15) is 43.6 Å². The minimum Gasteiger partial charge on any atom is -0.393 e. The molecule has 3 nitrogen and oxygen atoms in total. The van der Waals surface area contributed by atoms with E-state index >= 15 is 0 Å². The summed E-state index contributed by atoms with van der Waals surface area (Å²) in [6.45, 7) is 3.02. The van der Waals surface area contributed by atoms with Gasteiger partial charge in [-0.2, -0.15) is 0 Å². The summed E-state index contributed by atoms with van der Waals surface area (Å²) in [5, 5.41) is 11.3. The van der Waals surface area contributed by atoms with Gasteiger partial charge in [0.25, 0.3) is 0 Å². The summed E-state index contributed by atoms with van der Waals surface area (Å²) in [6, 6.07) is 8.48. The van der Waals surface area contributed by atoms with Crippen molar-refractivity contribution in [3.63, 3.8) is 0 Å². The Morgan fingerprint density at radius 2 is 1.96 bits per heavy atom. The Bertz CT molecular complexity index is 503. The third kappa shape index (κ3) is 5.48. The second kappa shape index (κ2) is 10.2. The Labute approximate surface area is 162 Å². The summed E-state index contributed by atoms with van der Waals surface area (Å²) >= 11 is 6.21. The van der Waals surface area contributed by atoms with Crippen molar-refractivity contribution < 1.29 is 5.11 Å². The van der Waals surface area contributed by atoms with E-state index in [0.717, 1.165) is 50.3 Å². The number of benzene rings is 1. The van der Waals surface area contributed by atoms with Crippen molar-refractivity contribution in [2.75, 3.05) is 19.6 Å². The van der Waals surface area contributed by atoms with Gasteiger partial charge in [-0.15, -0.1) is 24.8 Å². The van der Waals surface area contributed by atoms with E-state index in [9.17, 15) is 5.11 Å². The Morgan fingerprint density at radius 1 is 1.21 bits per heavy atom. The highest BCUT2D eigenvalue weighted by Gasteiger charge is 2.34. The summed E-state index contributed by atoms with van der Waals surface area (Å²) in [4.78, 5) is 2.46. The highest BCUT2D eigenvalue weighted by molar-refractivity contribution is 6.30. The molecule has 3 unspecified atom stereocenters. The fourth-order valence-corrected chi connectivity index (χ4v) is 4.34. The van der Waals surface area contributed by atoms with Gasteiger partial charge >= 0.3 is 0 Å². The van der Waals surface area contributed by atoms with Gasteiger partial charge < -0.3 is 15.7 Å². The Kier molecular flexibility index (Phi) is 9.35. The lowest BCUT2D eigenvalue weighted by Gasteiger charge is -2.36. The normalized spacial score (nSPS) is 28.7. The molecule has 1 aliphatic heterocycles. The van der Waals surface area contributed by atoms with Crippen molar-refractivity contribution in [1.82, 2.24) is 4.90 Å². The number of likely N-dealkylation sites (tertiary alicyclic amines) is 1.